The predicted molar refractivity (Wildman–Crippen MR) is 161 cm³/mol. The second kappa shape index (κ2) is 12.5. The van der Waals surface area contributed by atoms with Crippen LogP contribution in [-0.4, -0.2) is 47.2 Å². The van der Waals surface area contributed by atoms with Gasteiger partial charge < -0.3 is 19.5 Å². The Balaban J connectivity index is 1.47. The van der Waals surface area contributed by atoms with E-state index in [0.29, 0.717) is 34.7 Å². The molecule has 0 fully saturated rings. The van der Waals surface area contributed by atoms with Crippen molar-refractivity contribution >= 4 is 28.7 Å². The van der Waals surface area contributed by atoms with Crippen LogP contribution in [0.4, 0.5) is 5.82 Å². The smallest absolute Gasteiger partial charge is 0.338 e. The maximum absolute atomic E-state index is 13.2. The summed E-state index contributed by atoms with van der Waals surface area (Å²) >= 11 is 0. The summed E-state index contributed by atoms with van der Waals surface area (Å²) in [6.07, 6.45) is 0.909. The fourth-order valence-corrected chi connectivity index (χ4v) is 4.41. The highest BCUT2D eigenvalue weighted by molar-refractivity contribution is 5.99. The zero-order valence-electron chi connectivity index (χ0n) is 23.8. The molecule has 9 heteroatoms. The number of nitrogens with one attached hydrogen (secondary N) is 1. The van der Waals surface area contributed by atoms with Gasteiger partial charge in [-0.3, -0.25) is 4.79 Å². The highest BCUT2D eigenvalue weighted by Crippen LogP contribution is 2.33. The van der Waals surface area contributed by atoms with Crippen LogP contribution in [0.5, 0.6) is 11.5 Å². The standard InChI is InChI=1S/C33H30N4O5/c1-5-28(32(38)37-29-18-20(2)16-17-34-29)42-33(39)23-10-15-26-27(19-23)36-31(22-8-13-25(41-4)14-9-22)30(35-26)21-6-11-24(40-3)12-7-21/h6-19,28H,5H2,1-4H3,(H,34,37,38). The van der Waals surface area contributed by atoms with Crippen molar-refractivity contribution in [3.05, 3.63) is 96.2 Å². The van der Waals surface area contributed by atoms with E-state index < -0.39 is 18.0 Å². The van der Waals surface area contributed by atoms with E-state index in [4.69, 9.17) is 24.2 Å². The first kappa shape index (κ1) is 28.2. The number of methoxy groups -OCH3 is 2. The number of rotatable bonds is 9. The molecule has 9 nitrogen and oxygen atoms in total. The molecule has 3 aromatic carbocycles. The Hall–Kier alpha value is -5.31. The molecule has 5 aromatic rings. The van der Waals surface area contributed by atoms with E-state index >= 15 is 0 Å². The number of hydrogen-bond donors (Lipinski definition) is 1. The minimum absolute atomic E-state index is 0.259. The third-order valence-electron chi connectivity index (χ3n) is 6.71. The maximum atomic E-state index is 13.2. The number of carbonyl (C=O) groups excluding carboxylic acids is 2. The minimum Gasteiger partial charge on any atom is -0.497 e. The Bertz CT molecular complexity index is 1740. The van der Waals surface area contributed by atoms with Gasteiger partial charge >= 0.3 is 5.97 Å². The van der Waals surface area contributed by atoms with Crippen molar-refractivity contribution in [1.29, 1.82) is 0 Å². The van der Waals surface area contributed by atoms with Crippen molar-refractivity contribution in [1.82, 2.24) is 15.0 Å². The molecule has 1 unspecified atom stereocenters. The van der Waals surface area contributed by atoms with Gasteiger partial charge in [0, 0.05) is 17.3 Å². The number of amides is 1. The predicted octanol–water partition coefficient (Wildman–Crippen LogP) is 6.26. The molecule has 1 amide bonds. The monoisotopic (exact) mass is 562 g/mol. The van der Waals surface area contributed by atoms with Crippen LogP contribution in [0.1, 0.15) is 29.3 Å². The Morgan fingerprint density at radius 1 is 0.786 bits per heavy atom. The van der Waals surface area contributed by atoms with Crippen LogP contribution in [0, 0.1) is 6.92 Å². The fourth-order valence-electron chi connectivity index (χ4n) is 4.41. The van der Waals surface area contributed by atoms with Gasteiger partial charge in [0.15, 0.2) is 6.10 Å². The maximum Gasteiger partial charge on any atom is 0.338 e. The van der Waals surface area contributed by atoms with Crippen LogP contribution in [0.15, 0.2) is 85.1 Å². The number of ether oxygens (including phenoxy) is 3. The number of pyridine rings is 1. The van der Waals surface area contributed by atoms with Crippen molar-refractivity contribution in [3.63, 3.8) is 0 Å². The zero-order valence-corrected chi connectivity index (χ0v) is 23.8. The molecule has 1 N–H and O–H groups in total. The number of hydrogen-bond acceptors (Lipinski definition) is 8. The lowest BCUT2D eigenvalue weighted by atomic mass is 10.0. The molecule has 2 aromatic heterocycles. The lowest BCUT2D eigenvalue weighted by molar-refractivity contribution is -0.124. The topological polar surface area (TPSA) is 113 Å². The molecular weight excluding hydrogens is 532 g/mol. The molecule has 212 valence electrons. The summed E-state index contributed by atoms with van der Waals surface area (Å²) in [7, 11) is 3.23. The lowest BCUT2D eigenvalue weighted by Crippen LogP contribution is -2.32. The number of carbonyl (C=O) groups is 2. The van der Waals surface area contributed by atoms with Crippen LogP contribution in [0.2, 0.25) is 0 Å². The SMILES string of the molecule is CCC(OC(=O)c1ccc2nc(-c3ccc(OC)cc3)c(-c3ccc(OC)cc3)nc2c1)C(=O)Nc1cc(C)ccn1. The van der Waals surface area contributed by atoms with E-state index in [2.05, 4.69) is 10.3 Å². The lowest BCUT2D eigenvalue weighted by Gasteiger charge is -2.16. The first-order valence-corrected chi connectivity index (χ1v) is 13.4. The number of aromatic nitrogens is 3. The van der Waals surface area contributed by atoms with Crippen LogP contribution in [0.3, 0.4) is 0 Å². The average Bonchev–Trinajstić information content (AvgIpc) is 3.02. The van der Waals surface area contributed by atoms with Gasteiger partial charge in [0.2, 0.25) is 0 Å². The molecule has 0 aliphatic carbocycles. The number of fused-ring (bicyclic) bond motifs is 1. The van der Waals surface area contributed by atoms with Crippen molar-refractivity contribution in [2.45, 2.75) is 26.4 Å². The summed E-state index contributed by atoms with van der Waals surface area (Å²) in [6.45, 7) is 3.67. The summed E-state index contributed by atoms with van der Waals surface area (Å²) in [4.78, 5) is 40.0. The van der Waals surface area contributed by atoms with Gasteiger partial charge in [0.1, 0.15) is 17.3 Å². The molecule has 1 atom stereocenters. The first-order chi connectivity index (χ1) is 20.4. The van der Waals surface area contributed by atoms with E-state index in [9.17, 15) is 9.59 Å². The number of benzene rings is 3. The van der Waals surface area contributed by atoms with E-state index in [1.807, 2.05) is 61.5 Å². The third-order valence-corrected chi connectivity index (χ3v) is 6.71. The summed E-state index contributed by atoms with van der Waals surface area (Å²) in [5.74, 6) is 0.764. The molecule has 0 saturated heterocycles. The van der Waals surface area contributed by atoms with E-state index in [0.717, 1.165) is 28.2 Å². The largest absolute Gasteiger partial charge is 0.497 e. The second-order valence-corrected chi connectivity index (χ2v) is 9.59. The fraction of sp³-hybridized carbons (Fsp3) is 0.182. The average molecular weight is 563 g/mol. The molecule has 0 spiro atoms. The molecule has 2 heterocycles. The molecule has 0 saturated carbocycles. The first-order valence-electron chi connectivity index (χ1n) is 13.4. The van der Waals surface area contributed by atoms with Gasteiger partial charge in [-0.25, -0.2) is 19.7 Å². The highest BCUT2D eigenvalue weighted by Gasteiger charge is 2.23. The van der Waals surface area contributed by atoms with Gasteiger partial charge in [-0.15, -0.1) is 0 Å². The van der Waals surface area contributed by atoms with Gasteiger partial charge in [0.25, 0.3) is 5.91 Å². The number of anilines is 1. The van der Waals surface area contributed by atoms with Gasteiger partial charge in [-0.1, -0.05) is 6.92 Å². The summed E-state index contributed by atoms with van der Waals surface area (Å²) in [5.41, 5.74) is 5.33. The van der Waals surface area contributed by atoms with Crippen molar-refractivity contribution in [3.8, 4) is 34.0 Å². The number of aryl methyl sites for hydroxylation is 1. The quantitative estimate of drug-likeness (QED) is 0.210. The Morgan fingerprint density at radius 2 is 1.38 bits per heavy atom. The summed E-state index contributed by atoms with van der Waals surface area (Å²) < 4.78 is 16.2. The number of nitrogens with zero attached hydrogens (tertiary/aromatic N) is 3. The molecule has 42 heavy (non-hydrogen) atoms. The summed E-state index contributed by atoms with van der Waals surface area (Å²) in [6, 6.07) is 23.7. The van der Waals surface area contributed by atoms with Gasteiger partial charge in [-0.2, -0.15) is 0 Å². The third kappa shape index (κ3) is 6.20. The van der Waals surface area contributed by atoms with Crippen molar-refractivity contribution < 1.29 is 23.8 Å². The second-order valence-electron chi connectivity index (χ2n) is 9.59. The molecule has 0 aliphatic rings. The Kier molecular flexibility index (Phi) is 8.38. The zero-order chi connectivity index (χ0) is 29.6. The van der Waals surface area contributed by atoms with Gasteiger partial charge in [0.05, 0.1) is 42.2 Å². The Morgan fingerprint density at radius 3 is 1.93 bits per heavy atom. The summed E-state index contributed by atoms with van der Waals surface area (Å²) in [5, 5.41) is 2.72. The van der Waals surface area contributed by atoms with Crippen molar-refractivity contribution in [2.24, 2.45) is 0 Å². The van der Waals surface area contributed by atoms with E-state index in [1.165, 1.54) is 0 Å². The molecule has 0 radical (unpaired) electrons. The van der Waals surface area contributed by atoms with Crippen LogP contribution in [-0.2, 0) is 9.53 Å². The van der Waals surface area contributed by atoms with Crippen molar-refractivity contribution in [2.75, 3.05) is 19.5 Å². The van der Waals surface area contributed by atoms with E-state index in [-0.39, 0.29) is 5.56 Å². The number of esters is 1. The molecule has 5 rings (SSSR count). The van der Waals surface area contributed by atoms with Crippen LogP contribution in [0.25, 0.3) is 33.5 Å². The van der Waals surface area contributed by atoms with Crippen LogP contribution < -0.4 is 14.8 Å². The van der Waals surface area contributed by atoms with Crippen LogP contribution >= 0.6 is 0 Å². The highest BCUT2D eigenvalue weighted by atomic mass is 16.5. The normalized spacial score (nSPS) is 11.5. The minimum atomic E-state index is -0.992. The Labute approximate surface area is 243 Å². The van der Waals surface area contributed by atoms with Gasteiger partial charge in [-0.05, 0) is 97.8 Å². The molecular formula is C33H30N4O5. The van der Waals surface area contributed by atoms with E-state index in [1.54, 1.807) is 51.6 Å². The molecule has 0 aliphatic heterocycles. The molecule has 0 bridgehead atoms.